The first-order valence-electron chi connectivity index (χ1n) is 5.40. The van der Waals surface area contributed by atoms with E-state index in [1.807, 2.05) is 0 Å². The van der Waals surface area contributed by atoms with Crippen LogP contribution in [0.3, 0.4) is 0 Å². The molecule has 1 aromatic heterocycles. The molecule has 4 atom stereocenters. The molecule has 1 aliphatic heterocycles. The van der Waals surface area contributed by atoms with Gasteiger partial charge in [0.2, 0.25) is 0 Å². The van der Waals surface area contributed by atoms with Crippen molar-refractivity contribution in [2.45, 2.75) is 24.5 Å². The summed E-state index contributed by atoms with van der Waals surface area (Å²) in [5.74, 6) is 0.0995. The smallest absolute Gasteiger partial charge is 0.351 e. The number of nitrogens with zero attached hydrogens (tertiary/aromatic N) is 2. The minimum atomic E-state index is -1.02. The maximum absolute atomic E-state index is 11.7. The molecular weight excluding hydrogens is 243 g/mol. The first-order chi connectivity index (χ1) is 8.58. The predicted molar refractivity (Wildman–Crippen MR) is 60.7 cm³/mol. The second-order valence-corrected chi connectivity index (χ2v) is 3.98. The highest BCUT2D eigenvalue weighted by atomic mass is 16.6. The molecule has 8 nitrogen and oxygen atoms in total. The van der Waals surface area contributed by atoms with Crippen molar-refractivity contribution in [3.05, 3.63) is 22.7 Å². The normalized spacial score (nSPS) is 31.7. The van der Waals surface area contributed by atoms with Gasteiger partial charge in [-0.05, 0) is 6.07 Å². The fraction of sp³-hybridized carbons (Fsp3) is 0.600. The number of methoxy groups -OCH3 is 1. The molecule has 1 saturated heterocycles. The van der Waals surface area contributed by atoms with Crippen molar-refractivity contribution in [3.8, 4) is 0 Å². The fourth-order valence-corrected chi connectivity index (χ4v) is 1.97. The Morgan fingerprint density at radius 3 is 2.94 bits per heavy atom. The van der Waals surface area contributed by atoms with Crippen LogP contribution in [-0.4, -0.2) is 51.8 Å². The number of anilines is 1. The van der Waals surface area contributed by atoms with Crippen LogP contribution >= 0.6 is 0 Å². The standard InChI is InChI=1S/C10H15N3O5/c1-17-8-7(15)5(4-14)18-9(8)13-3-2-6(11)12-10(13)16/h2-3,5,7-9,14-15H,4H2,1H3,(H2,11,12,16)/t5-,7-,8-,9-/m1/s1/i1+1. The molecule has 0 spiro atoms. The monoisotopic (exact) mass is 258 g/mol. The second-order valence-electron chi connectivity index (χ2n) is 3.98. The van der Waals surface area contributed by atoms with E-state index in [1.54, 1.807) is 0 Å². The summed E-state index contributed by atoms with van der Waals surface area (Å²) in [6, 6.07) is 1.44. The molecule has 0 radical (unpaired) electrons. The van der Waals surface area contributed by atoms with Crippen LogP contribution in [0.2, 0.25) is 0 Å². The van der Waals surface area contributed by atoms with E-state index in [0.29, 0.717) is 0 Å². The number of nitrogens with two attached hydrogens (primary N) is 1. The average molecular weight is 258 g/mol. The van der Waals surface area contributed by atoms with E-state index in [0.717, 1.165) is 0 Å². The van der Waals surface area contributed by atoms with Crippen LogP contribution in [0.15, 0.2) is 17.1 Å². The summed E-state index contributed by atoms with van der Waals surface area (Å²) in [6.45, 7) is -0.366. The lowest BCUT2D eigenvalue weighted by Crippen LogP contribution is -2.37. The van der Waals surface area contributed by atoms with Gasteiger partial charge in [-0.15, -0.1) is 0 Å². The van der Waals surface area contributed by atoms with Gasteiger partial charge in [0.25, 0.3) is 0 Å². The van der Waals surface area contributed by atoms with E-state index in [9.17, 15) is 9.90 Å². The van der Waals surface area contributed by atoms with Gasteiger partial charge in [0.1, 0.15) is 24.1 Å². The average Bonchev–Trinajstić information content (AvgIpc) is 2.65. The molecule has 2 heterocycles. The lowest BCUT2D eigenvalue weighted by molar-refractivity contribution is -0.0624. The minimum absolute atomic E-state index is 0.0995. The van der Waals surface area contributed by atoms with Crippen molar-refractivity contribution >= 4 is 5.82 Å². The van der Waals surface area contributed by atoms with Gasteiger partial charge in [-0.3, -0.25) is 4.57 Å². The summed E-state index contributed by atoms with van der Waals surface area (Å²) >= 11 is 0. The maximum Gasteiger partial charge on any atom is 0.351 e. The van der Waals surface area contributed by atoms with Gasteiger partial charge in [-0.2, -0.15) is 4.98 Å². The Hall–Kier alpha value is -1.48. The fourth-order valence-electron chi connectivity index (χ4n) is 1.97. The number of aromatic nitrogens is 2. The first kappa shape index (κ1) is 13.0. The zero-order chi connectivity index (χ0) is 13.3. The van der Waals surface area contributed by atoms with Crippen LogP contribution in [0, 0.1) is 0 Å². The Morgan fingerprint density at radius 1 is 1.67 bits per heavy atom. The highest BCUT2D eigenvalue weighted by Crippen LogP contribution is 2.30. The molecule has 1 aromatic rings. The second kappa shape index (κ2) is 5.02. The van der Waals surface area contributed by atoms with Crippen molar-refractivity contribution in [1.29, 1.82) is 0 Å². The van der Waals surface area contributed by atoms with Gasteiger partial charge < -0.3 is 25.4 Å². The van der Waals surface area contributed by atoms with E-state index in [2.05, 4.69) is 4.98 Å². The Bertz CT molecular complexity index is 477. The molecule has 1 aliphatic rings. The van der Waals surface area contributed by atoms with Crippen molar-refractivity contribution in [3.63, 3.8) is 0 Å². The highest BCUT2D eigenvalue weighted by molar-refractivity contribution is 5.23. The van der Waals surface area contributed by atoms with Gasteiger partial charge in [0, 0.05) is 13.3 Å². The number of ether oxygens (including phenoxy) is 2. The number of rotatable bonds is 3. The lowest BCUT2D eigenvalue weighted by Gasteiger charge is -2.20. The predicted octanol–water partition coefficient (Wildman–Crippen LogP) is -1.91. The van der Waals surface area contributed by atoms with Gasteiger partial charge >= 0.3 is 5.69 Å². The molecular formula is C10H15N3O5. The van der Waals surface area contributed by atoms with Crippen molar-refractivity contribution in [1.82, 2.24) is 9.55 Å². The number of hydrogen-bond donors (Lipinski definition) is 3. The van der Waals surface area contributed by atoms with Crippen LogP contribution in [0.1, 0.15) is 6.23 Å². The number of aliphatic hydroxyl groups is 2. The Labute approximate surface area is 103 Å². The molecule has 4 N–H and O–H groups in total. The molecule has 8 heteroatoms. The van der Waals surface area contributed by atoms with Crippen LogP contribution in [0.25, 0.3) is 0 Å². The minimum Gasteiger partial charge on any atom is -0.394 e. The summed E-state index contributed by atoms with van der Waals surface area (Å²) in [5.41, 5.74) is 4.78. The maximum atomic E-state index is 11.7. The molecule has 0 amide bonds. The molecule has 18 heavy (non-hydrogen) atoms. The van der Waals surface area contributed by atoms with E-state index in [1.165, 1.54) is 23.9 Å². The van der Waals surface area contributed by atoms with Crippen molar-refractivity contribution < 1.29 is 19.7 Å². The van der Waals surface area contributed by atoms with E-state index in [-0.39, 0.29) is 12.4 Å². The van der Waals surface area contributed by atoms with E-state index < -0.39 is 30.2 Å². The van der Waals surface area contributed by atoms with Gasteiger partial charge in [-0.25, -0.2) is 4.79 Å². The molecule has 0 bridgehead atoms. The zero-order valence-corrected chi connectivity index (χ0v) is 9.76. The molecule has 2 rings (SSSR count). The molecule has 0 aromatic carbocycles. The van der Waals surface area contributed by atoms with Crippen molar-refractivity contribution in [2.75, 3.05) is 19.5 Å². The van der Waals surface area contributed by atoms with Gasteiger partial charge in [0.15, 0.2) is 6.23 Å². The van der Waals surface area contributed by atoms with Crippen LogP contribution in [-0.2, 0) is 9.47 Å². The summed E-state index contributed by atoms with van der Waals surface area (Å²) in [5, 5.41) is 18.9. The third-order valence-corrected chi connectivity index (χ3v) is 2.89. The number of aliphatic hydroxyl groups excluding tert-OH is 2. The number of hydrogen-bond acceptors (Lipinski definition) is 7. The summed E-state index contributed by atoms with van der Waals surface area (Å²) in [7, 11) is 1.39. The number of nitrogen functional groups attached to an aromatic ring is 1. The molecule has 100 valence electrons. The third-order valence-electron chi connectivity index (χ3n) is 2.89. The molecule has 0 aliphatic carbocycles. The molecule has 1 fully saturated rings. The summed E-state index contributed by atoms with van der Waals surface area (Å²) in [4.78, 5) is 15.3. The Morgan fingerprint density at radius 2 is 2.39 bits per heavy atom. The van der Waals surface area contributed by atoms with E-state index in [4.69, 9.17) is 20.3 Å². The quantitative estimate of drug-likeness (QED) is 0.541. The van der Waals surface area contributed by atoms with Crippen LogP contribution in [0.4, 0.5) is 5.82 Å². The Balaban J connectivity index is 2.35. The SMILES string of the molecule is [13CH3]O[C@@H]1[C@H](O)[C@@H](CO)O[C@H]1n1ccc(N)nc1=O. The summed E-state index contributed by atoms with van der Waals surface area (Å²) in [6.07, 6.45) is -2.01. The van der Waals surface area contributed by atoms with Crippen LogP contribution < -0.4 is 11.4 Å². The highest BCUT2D eigenvalue weighted by Gasteiger charge is 2.45. The topological polar surface area (TPSA) is 120 Å². The van der Waals surface area contributed by atoms with Gasteiger partial charge in [-0.1, -0.05) is 0 Å². The first-order valence-corrected chi connectivity index (χ1v) is 5.40. The molecule has 0 saturated carbocycles. The van der Waals surface area contributed by atoms with Gasteiger partial charge in [0.05, 0.1) is 6.61 Å². The zero-order valence-electron chi connectivity index (χ0n) is 9.76. The van der Waals surface area contributed by atoms with E-state index >= 15 is 0 Å². The largest absolute Gasteiger partial charge is 0.394 e. The summed E-state index contributed by atoms with van der Waals surface area (Å²) < 4.78 is 11.7. The van der Waals surface area contributed by atoms with Crippen LogP contribution in [0.5, 0.6) is 0 Å². The Kier molecular flexibility index (Phi) is 3.62. The third kappa shape index (κ3) is 2.10. The van der Waals surface area contributed by atoms with Crippen molar-refractivity contribution in [2.24, 2.45) is 0 Å². The molecule has 0 unspecified atom stereocenters. The lowest BCUT2D eigenvalue weighted by atomic mass is 10.1.